The van der Waals surface area contributed by atoms with E-state index in [1.807, 2.05) is 6.92 Å². The highest BCUT2D eigenvalue weighted by atomic mass is 79.9. The third-order valence-corrected chi connectivity index (χ3v) is 4.65. The van der Waals surface area contributed by atoms with Gasteiger partial charge in [0.2, 0.25) is 0 Å². The molecule has 0 radical (unpaired) electrons. The summed E-state index contributed by atoms with van der Waals surface area (Å²) in [6.45, 7) is 3.44. The Balaban J connectivity index is 3.01. The van der Waals surface area contributed by atoms with E-state index < -0.39 is 15.9 Å². The van der Waals surface area contributed by atoms with Crippen LogP contribution in [0.15, 0.2) is 29.2 Å². The first-order valence-corrected chi connectivity index (χ1v) is 7.60. The van der Waals surface area contributed by atoms with Crippen LogP contribution in [-0.2, 0) is 9.84 Å². The average Bonchev–Trinajstić information content (AvgIpc) is 2.28. The van der Waals surface area contributed by atoms with E-state index in [0.717, 1.165) is 0 Å². The summed E-state index contributed by atoms with van der Waals surface area (Å²) in [5.74, 6) is 0.0871. The predicted molar refractivity (Wildman–Crippen MR) is 67.5 cm³/mol. The monoisotopic (exact) mass is 306 g/mol. The van der Waals surface area contributed by atoms with Crippen molar-refractivity contribution in [3.05, 3.63) is 29.8 Å². The number of aliphatic hydroxyl groups is 1. The molecule has 1 aromatic rings. The molecule has 1 aromatic carbocycles. The number of benzene rings is 1. The zero-order valence-electron chi connectivity index (χ0n) is 9.22. The number of halogens is 1. The van der Waals surface area contributed by atoms with Gasteiger partial charge in [0.05, 0.1) is 16.8 Å². The first kappa shape index (κ1) is 13.7. The van der Waals surface area contributed by atoms with Crippen molar-refractivity contribution in [2.45, 2.75) is 29.7 Å². The zero-order chi connectivity index (χ0) is 12.3. The molecular formula is C11H15BrO3S. The van der Waals surface area contributed by atoms with Crippen LogP contribution in [0.4, 0.5) is 0 Å². The van der Waals surface area contributed by atoms with Crippen LogP contribution in [0, 0.1) is 0 Å². The third kappa shape index (κ3) is 3.06. The van der Waals surface area contributed by atoms with E-state index in [9.17, 15) is 13.5 Å². The molecule has 2 atom stereocenters. The van der Waals surface area contributed by atoms with Gasteiger partial charge in [-0.05, 0) is 24.6 Å². The van der Waals surface area contributed by atoms with E-state index in [2.05, 4.69) is 15.9 Å². The van der Waals surface area contributed by atoms with E-state index in [1.165, 1.54) is 12.1 Å². The minimum Gasteiger partial charge on any atom is -0.387 e. The highest BCUT2D eigenvalue weighted by Crippen LogP contribution is 2.23. The molecule has 0 aliphatic rings. The lowest BCUT2D eigenvalue weighted by molar-refractivity contribution is 0.181. The Labute approximate surface area is 105 Å². The lowest BCUT2D eigenvalue weighted by atomic mass is 10.1. The number of hydrogen-bond acceptors (Lipinski definition) is 3. The van der Waals surface area contributed by atoms with Gasteiger partial charge in [0, 0.05) is 4.83 Å². The summed E-state index contributed by atoms with van der Waals surface area (Å²) in [7, 11) is -3.15. The lowest BCUT2D eigenvalue weighted by Crippen LogP contribution is -2.08. The molecule has 1 rings (SSSR count). The largest absolute Gasteiger partial charge is 0.387 e. The number of sulfone groups is 1. The van der Waals surface area contributed by atoms with Gasteiger partial charge in [0.25, 0.3) is 0 Å². The zero-order valence-corrected chi connectivity index (χ0v) is 11.6. The Morgan fingerprint density at radius 3 is 2.19 bits per heavy atom. The van der Waals surface area contributed by atoms with Crippen molar-refractivity contribution in [2.24, 2.45) is 0 Å². The molecule has 0 amide bonds. The SMILES string of the molecule is CCS(=O)(=O)c1ccc(C(O)C(C)Br)cc1. The second-order valence-corrected chi connectivity index (χ2v) is 7.32. The molecule has 0 aliphatic heterocycles. The van der Waals surface area contributed by atoms with Gasteiger partial charge < -0.3 is 5.11 Å². The number of rotatable bonds is 4. The fourth-order valence-electron chi connectivity index (χ4n) is 1.30. The van der Waals surface area contributed by atoms with E-state index in [4.69, 9.17) is 0 Å². The van der Waals surface area contributed by atoms with E-state index in [0.29, 0.717) is 10.5 Å². The van der Waals surface area contributed by atoms with Crippen molar-refractivity contribution in [3.8, 4) is 0 Å². The van der Waals surface area contributed by atoms with Crippen LogP contribution in [0.5, 0.6) is 0 Å². The topological polar surface area (TPSA) is 54.4 Å². The van der Waals surface area contributed by atoms with Crippen molar-refractivity contribution >= 4 is 25.8 Å². The molecule has 0 heterocycles. The van der Waals surface area contributed by atoms with Crippen LogP contribution in [0.25, 0.3) is 0 Å². The van der Waals surface area contributed by atoms with Crippen molar-refractivity contribution < 1.29 is 13.5 Å². The van der Waals surface area contributed by atoms with Crippen LogP contribution in [0.3, 0.4) is 0 Å². The standard InChI is InChI=1S/C11H15BrO3S/c1-3-16(14,15)10-6-4-9(5-7-10)11(13)8(2)12/h4-8,11,13H,3H2,1-2H3. The highest BCUT2D eigenvalue weighted by Gasteiger charge is 2.15. The van der Waals surface area contributed by atoms with E-state index >= 15 is 0 Å². The van der Waals surface area contributed by atoms with Crippen LogP contribution in [0.1, 0.15) is 25.5 Å². The maximum absolute atomic E-state index is 11.5. The summed E-state index contributed by atoms with van der Waals surface area (Å²) in [6, 6.07) is 6.36. The van der Waals surface area contributed by atoms with E-state index in [1.54, 1.807) is 19.1 Å². The van der Waals surface area contributed by atoms with Gasteiger partial charge in [-0.25, -0.2) is 8.42 Å². The van der Waals surface area contributed by atoms with Crippen molar-refractivity contribution in [1.29, 1.82) is 0 Å². The van der Waals surface area contributed by atoms with Crippen molar-refractivity contribution in [2.75, 3.05) is 5.75 Å². The number of aliphatic hydroxyl groups excluding tert-OH is 1. The van der Waals surface area contributed by atoms with Gasteiger partial charge >= 0.3 is 0 Å². The Morgan fingerprint density at radius 1 is 1.31 bits per heavy atom. The summed E-state index contributed by atoms with van der Waals surface area (Å²) in [6.07, 6.45) is -0.626. The van der Waals surface area contributed by atoms with Gasteiger partial charge in [0.1, 0.15) is 0 Å². The molecule has 0 aliphatic carbocycles. The first-order valence-electron chi connectivity index (χ1n) is 5.03. The molecule has 90 valence electrons. The maximum Gasteiger partial charge on any atom is 0.178 e. The van der Waals surface area contributed by atoms with Crippen LogP contribution in [0.2, 0.25) is 0 Å². The molecule has 3 nitrogen and oxygen atoms in total. The van der Waals surface area contributed by atoms with Gasteiger partial charge in [-0.3, -0.25) is 0 Å². The molecule has 1 N–H and O–H groups in total. The Kier molecular flexibility index (Phi) is 4.52. The summed E-state index contributed by atoms with van der Waals surface area (Å²) in [5, 5.41) is 9.75. The fourth-order valence-corrected chi connectivity index (χ4v) is 2.49. The van der Waals surface area contributed by atoms with E-state index in [-0.39, 0.29) is 10.6 Å². The minimum absolute atomic E-state index is 0.0684. The molecule has 0 bridgehead atoms. The minimum atomic E-state index is -3.15. The predicted octanol–water partition coefficient (Wildman–Crippen LogP) is 2.30. The Morgan fingerprint density at radius 2 is 1.81 bits per heavy atom. The quantitative estimate of drug-likeness (QED) is 0.868. The lowest BCUT2D eigenvalue weighted by Gasteiger charge is -2.13. The Bertz CT molecular complexity index is 437. The normalized spacial score (nSPS) is 15.8. The number of alkyl halides is 1. The summed E-state index contributed by atoms with van der Waals surface area (Å²) >= 11 is 3.28. The number of hydrogen-bond donors (Lipinski definition) is 1. The molecule has 16 heavy (non-hydrogen) atoms. The smallest absolute Gasteiger partial charge is 0.178 e. The van der Waals surface area contributed by atoms with Crippen LogP contribution >= 0.6 is 15.9 Å². The summed E-state index contributed by atoms with van der Waals surface area (Å²) in [5.41, 5.74) is 0.708. The molecule has 0 spiro atoms. The molecule has 2 unspecified atom stereocenters. The Hall–Kier alpha value is -0.390. The van der Waals surface area contributed by atoms with Gasteiger partial charge in [-0.1, -0.05) is 35.0 Å². The van der Waals surface area contributed by atoms with Crippen LogP contribution in [-0.4, -0.2) is 24.1 Å². The highest BCUT2D eigenvalue weighted by molar-refractivity contribution is 9.09. The molecule has 0 aromatic heterocycles. The summed E-state index contributed by atoms with van der Waals surface area (Å²) in [4.78, 5) is 0.231. The van der Waals surface area contributed by atoms with Crippen molar-refractivity contribution in [1.82, 2.24) is 0 Å². The fraction of sp³-hybridized carbons (Fsp3) is 0.455. The maximum atomic E-state index is 11.5. The van der Waals surface area contributed by atoms with Gasteiger partial charge in [-0.2, -0.15) is 0 Å². The second kappa shape index (κ2) is 5.29. The third-order valence-electron chi connectivity index (χ3n) is 2.40. The first-order chi connectivity index (χ1) is 7.38. The van der Waals surface area contributed by atoms with Gasteiger partial charge in [-0.15, -0.1) is 0 Å². The van der Waals surface area contributed by atoms with Gasteiger partial charge in [0.15, 0.2) is 9.84 Å². The molecule has 5 heteroatoms. The molecular weight excluding hydrogens is 292 g/mol. The van der Waals surface area contributed by atoms with Crippen LogP contribution < -0.4 is 0 Å². The second-order valence-electron chi connectivity index (χ2n) is 3.59. The summed E-state index contributed by atoms with van der Waals surface area (Å²) < 4.78 is 23.1. The molecule has 0 fully saturated rings. The average molecular weight is 307 g/mol. The van der Waals surface area contributed by atoms with Crippen molar-refractivity contribution in [3.63, 3.8) is 0 Å². The molecule has 0 saturated carbocycles. The molecule has 0 saturated heterocycles.